The summed E-state index contributed by atoms with van der Waals surface area (Å²) < 4.78 is 11.4. The maximum absolute atomic E-state index is 12.3. The average Bonchev–Trinajstić information content (AvgIpc) is 2.76. The summed E-state index contributed by atoms with van der Waals surface area (Å²) >= 11 is 3.38. The van der Waals surface area contributed by atoms with Crippen molar-refractivity contribution in [3.8, 4) is 11.5 Å². The molecule has 0 fully saturated rings. The summed E-state index contributed by atoms with van der Waals surface area (Å²) in [7, 11) is 1.53. The zero-order valence-electron chi connectivity index (χ0n) is 15.5. The molecule has 0 radical (unpaired) electrons. The standard InChI is InChI=1S/C22H17BrN2O4/c1-28-19-9-5-8-16(13-19)21(26)25-24-14-17-12-18(23)10-11-20(17)29-22(27)15-6-3-2-4-7-15/h2-14H,1H3,(H,25,26). The Morgan fingerprint density at radius 3 is 2.48 bits per heavy atom. The molecule has 1 amide bonds. The molecule has 0 spiro atoms. The quantitative estimate of drug-likeness (QED) is 0.259. The number of hydrazone groups is 1. The molecule has 0 saturated heterocycles. The number of amides is 1. The first-order valence-electron chi connectivity index (χ1n) is 8.61. The van der Waals surface area contributed by atoms with Gasteiger partial charge in [-0.15, -0.1) is 0 Å². The van der Waals surface area contributed by atoms with Crippen LogP contribution in [-0.4, -0.2) is 25.2 Å². The highest BCUT2D eigenvalue weighted by atomic mass is 79.9. The molecule has 6 nitrogen and oxygen atoms in total. The number of nitrogens with one attached hydrogen (secondary N) is 1. The van der Waals surface area contributed by atoms with Crippen LogP contribution in [0.3, 0.4) is 0 Å². The normalized spacial score (nSPS) is 10.6. The van der Waals surface area contributed by atoms with Gasteiger partial charge in [-0.05, 0) is 48.5 Å². The van der Waals surface area contributed by atoms with E-state index >= 15 is 0 Å². The van der Waals surface area contributed by atoms with Crippen molar-refractivity contribution in [2.45, 2.75) is 0 Å². The van der Waals surface area contributed by atoms with Gasteiger partial charge >= 0.3 is 5.97 Å². The number of benzene rings is 3. The van der Waals surface area contributed by atoms with Crippen molar-refractivity contribution < 1.29 is 19.1 Å². The molecule has 0 aliphatic heterocycles. The van der Waals surface area contributed by atoms with Gasteiger partial charge in [0.2, 0.25) is 0 Å². The zero-order valence-corrected chi connectivity index (χ0v) is 17.0. The highest BCUT2D eigenvalue weighted by molar-refractivity contribution is 9.10. The van der Waals surface area contributed by atoms with Crippen LogP contribution in [0.25, 0.3) is 0 Å². The predicted octanol–water partition coefficient (Wildman–Crippen LogP) is 4.44. The first kappa shape index (κ1) is 20.3. The highest BCUT2D eigenvalue weighted by Gasteiger charge is 2.11. The number of esters is 1. The van der Waals surface area contributed by atoms with Gasteiger partial charge in [-0.2, -0.15) is 5.10 Å². The molecule has 0 atom stereocenters. The van der Waals surface area contributed by atoms with E-state index in [1.165, 1.54) is 13.3 Å². The number of ether oxygens (including phenoxy) is 2. The molecule has 29 heavy (non-hydrogen) atoms. The van der Waals surface area contributed by atoms with E-state index < -0.39 is 11.9 Å². The van der Waals surface area contributed by atoms with Crippen molar-refractivity contribution in [1.82, 2.24) is 5.43 Å². The van der Waals surface area contributed by atoms with Crippen molar-refractivity contribution in [2.75, 3.05) is 7.11 Å². The molecule has 0 saturated carbocycles. The van der Waals surface area contributed by atoms with Crippen LogP contribution in [0.15, 0.2) is 82.4 Å². The van der Waals surface area contributed by atoms with Crippen molar-refractivity contribution in [3.63, 3.8) is 0 Å². The fraction of sp³-hybridized carbons (Fsp3) is 0.0455. The molecular formula is C22H17BrN2O4. The molecule has 3 aromatic carbocycles. The SMILES string of the molecule is COc1cccc(C(=O)NN=Cc2cc(Br)ccc2OC(=O)c2ccccc2)c1. The zero-order chi connectivity index (χ0) is 20.6. The van der Waals surface area contributed by atoms with Crippen molar-refractivity contribution in [3.05, 3.63) is 94.0 Å². The Morgan fingerprint density at radius 2 is 1.72 bits per heavy atom. The summed E-state index contributed by atoms with van der Waals surface area (Å²) in [4.78, 5) is 24.6. The van der Waals surface area contributed by atoms with Crippen LogP contribution in [0.2, 0.25) is 0 Å². The summed E-state index contributed by atoms with van der Waals surface area (Å²) in [6, 6.07) is 20.5. The third-order valence-electron chi connectivity index (χ3n) is 3.89. The van der Waals surface area contributed by atoms with Crippen LogP contribution in [0.4, 0.5) is 0 Å². The topological polar surface area (TPSA) is 77.0 Å². The molecule has 0 aromatic heterocycles. The molecule has 0 heterocycles. The van der Waals surface area contributed by atoms with Gasteiger partial charge in [0.05, 0.1) is 18.9 Å². The molecule has 0 bridgehead atoms. The van der Waals surface area contributed by atoms with Crippen LogP contribution >= 0.6 is 15.9 Å². The molecule has 3 rings (SSSR count). The summed E-state index contributed by atoms with van der Waals surface area (Å²) in [6.07, 6.45) is 1.41. The summed E-state index contributed by atoms with van der Waals surface area (Å²) in [6.45, 7) is 0. The number of halogens is 1. The van der Waals surface area contributed by atoms with Crippen LogP contribution in [0, 0.1) is 0 Å². The van der Waals surface area contributed by atoms with Gasteiger partial charge in [0, 0.05) is 15.6 Å². The third kappa shape index (κ3) is 5.52. The maximum Gasteiger partial charge on any atom is 0.343 e. The van der Waals surface area contributed by atoms with Crippen LogP contribution in [0.1, 0.15) is 26.3 Å². The molecule has 3 aromatic rings. The van der Waals surface area contributed by atoms with Gasteiger partial charge in [0.1, 0.15) is 11.5 Å². The second kappa shape index (κ2) is 9.66. The number of nitrogens with zero attached hydrogens (tertiary/aromatic N) is 1. The maximum atomic E-state index is 12.3. The lowest BCUT2D eigenvalue weighted by Crippen LogP contribution is -2.17. The van der Waals surface area contributed by atoms with E-state index in [2.05, 4.69) is 26.5 Å². The number of carbonyl (C=O) groups excluding carboxylic acids is 2. The Bertz CT molecular complexity index is 1050. The molecule has 146 valence electrons. The van der Waals surface area contributed by atoms with Crippen molar-refractivity contribution in [1.29, 1.82) is 0 Å². The van der Waals surface area contributed by atoms with E-state index in [9.17, 15) is 9.59 Å². The van der Waals surface area contributed by atoms with E-state index in [-0.39, 0.29) is 0 Å². The monoisotopic (exact) mass is 452 g/mol. The summed E-state index contributed by atoms with van der Waals surface area (Å²) in [5, 5.41) is 3.98. The number of hydrogen-bond acceptors (Lipinski definition) is 5. The molecule has 0 unspecified atom stereocenters. The van der Waals surface area contributed by atoms with E-state index in [4.69, 9.17) is 9.47 Å². The Morgan fingerprint density at radius 1 is 0.966 bits per heavy atom. The number of rotatable bonds is 6. The predicted molar refractivity (Wildman–Crippen MR) is 114 cm³/mol. The Hall–Kier alpha value is -3.45. The second-order valence-electron chi connectivity index (χ2n) is 5.87. The fourth-order valence-electron chi connectivity index (χ4n) is 2.44. The lowest BCUT2D eigenvalue weighted by Gasteiger charge is -2.08. The van der Waals surface area contributed by atoms with Crippen molar-refractivity contribution in [2.24, 2.45) is 5.10 Å². The number of carbonyl (C=O) groups is 2. The highest BCUT2D eigenvalue weighted by Crippen LogP contribution is 2.23. The van der Waals surface area contributed by atoms with Gasteiger partial charge in [-0.1, -0.05) is 40.2 Å². The summed E-state index contributed by atoms with van der Waals surface area (Å²) in [5.74, 6) is 0.0196. The molecular weight excluding hydrogens is 436 g/mol. The van der Waals surface area contributed by atoms with E-state index in [0.29, 0.717) is 28.2 Å². The van der Waals surface area contributed by atoms with Crippen LogP contribution in [-0.2, 0) is 0 Å². The largest absolute Gasteiger partial charge is 0.497 e. The van der Waals surface area contributed by atoms with Gasteiger partial charge in [0.25, 0.3) is 5.91 Å². The summed E-state index contributed by atoms with van der Waals surface area (Å²) in [5.41, 5.74) is 3.82. The third-order valence-corrected chi connectivity index (χ3v) is 4.38. The molecule has 7 heteroatoms. The minimum atomic E-state index is -0.483. The average molecular weight is 453 g/mol. The molecule has 0 aliphatic carbocycles. The minimum Gasteiger partial charge on any atom is -0.497 e. The second-order valence-corrected chi connectivity index (χ2v) is 6.78. The van der Waals surface area contributed by atoms with Crippen LogP contribution < -0.4 is 14.9 Å². The minimum absolute atomic E-state index is 0.321. The first-order valence-corrected chi connectivity index (χ1v) is 9.40. The van der Waals surface area contributed by atoms with Gasteiger partial charge in [-0.3, -0.25) is 4.79 Å². The Balaban J connectivity index is 1.73. The first-order chi connectivity index (χ1) is 14.1. The van der Waals surface area contributed by atoms with E-state index in [0.717, 1.165) is 4.47 Å². The fourth-order valence-corrected chi connectivity index (χ4v) is 2.81. The molecule has 1 N–H and O–H groups in total. The van der Waals surface area contributed by atoms with Crippen molar-refractivity contribution >= 4 is 34.0 Å². The van der Waals surface area contributed by atoms with Crippen LogP contribution in [0.5, 0.6) is 11.5 Å². The van der Waals surface area contributed by atoms with Gasteiger partial charge < -0.3 is 9.47 Å². The Labute approximate surface area is 176 Å². The van der Waals surface area contributed by atoms with Gasteiger partial charge in [-0.25, -0.2) is 10.2 Å². The van der Waals surface area contributed by atoms with Gasteiger partial charge in [0.15, 0.2) is 0 Å². The van der Waals surface area contributed by atoms with E-state index in [1.54, 1.807) is 66.7 Å². The molecule has 0 aliphatic rings. The number of methoxy groups -OCH3 is 1. The smallest absolute Gasteiger partial charge is 0.343 e. The van der Waals surface area contributed by atoms with E-state index in [1.807, 2.05) is 6.07 Å². The Kier molecular flexibility index (Phi) is 6.76. The lowest BCUT2D eigenvalue weighted by molar-refractivity contribution is 0.0734. The lowest BCUT2D eigenvalue weighted by atomic mass is 10.2. The number of hydrogen-bond donors (Lipinski definition) is 1.